The van der Waals surface area contributed by atoms with E-state index in [2.05, 4.69) is 28.7 Å². The molecular formula is C13H14INO2. The summed E-state index contributed by atoms with van der Waals surface area (Å²) in [5, 5.41) is 0. The molecule has 0 saturated heterocycles. The Balaban J connectivity index is 2.30. The van der Waals surface area contributed by atoms with Crippen LogP contribution in [0.15, 0.2) is 30.3 Å². The van der Waals surface area contributed by atoms with E-state index in [1.54, 1.807) is 12.0 Å². The fourth-order valence-corrected chi connectivity index (χ4v) is 2.53. The fourth-order valence-electron chi connectivity index (χ4n) is 1.85. The molecule has 0 bridgehead atoms. The Labute approximate surface area is 115 Å². The van der Waals surface area contributed by atoms with Crippen LogP contribution in [0.3, 0.4) is 0 Å². The molecule has 0 saturated carbocycles. The molecule has 1 aromatic carbocycles. The molecule has 2 rings (SSSR count). The van der Waals surface area contributed by atoms with Gasteiger partial charge in [0.15, 0.2) is 0 Å². The summed E-state index contributed by atoms with van der Waals surface area (Å²) in [5.74, 6) is 0.991. The quantitative estimate of drug-likeness (QED) is 0.611. The largest absolute Gasteiger partial charge is 0.497 e. The summed E-state index contributed by atoms with van der Waals surface area (Å²) in [5.41, 5.74) is 2.02. The lowest BCUT2D eigenvalue weighted by Gasteiger charge is -2.27. The second-order valence-electron chi connectivity index (χ2n) is 3.92. The van der Waals surface area contributed by atoms with E-state index in [1.807, 2.05) is 31.3 Å². The van der Waals surface area contributed by atoms with Crippen molar-refractivity contribution in [1.29, 1.82) is 0 Å². The van der Waals surface area contributed by atoms with Gasteiger partial charge >= 0.3 is 0 Å². The number of allylic oxidation sites excluding steroid dienone is 1. The summed E-state index contributed by atoms with van der Waals surface area (Å²) in [4.78, 5) is 13.6. The average molecular weight is 343 g/mol. The number of amides is 1. The van der Waals surface area contributed by atoms with Crippen LogP contribution in [-0.4, -0.2) is 28.9 Å². The van der Waals surface area contributed by atoms with E-state index in [0.29, 0.717) is 0 Å². The summed E-state index contributed by atoms with van der Waals surface area (Å²) in [6.45, 7) is 0. The lowest BCUT2D eigenvalue weighted by atomic mass is 10.1. The van der Waals surface area contributed by atoms with E-state index in [4.69, 9.17) is 4.74 Å². The molecule has 0 aromatic heterocycles. The molecule has 1 aromatic rings. The molecule has 0 aliphatic carbocycles. The van der Waals surface area contributed by atoms with Crippen LogP contribution in [0.1, 0.15) is 12.0 Å². The zero-order chi connectivity index (χ0) is 12.4. The number of ether oxygens (including phenoxy) is 1. The Morgan fingerprint density at radius 2 is 2.00 bits per heavy atom. The molecule has 1 aliphatic heterocycles. The van der Waals surface area contributed by atoms with Crippen molar-refractivity contribution in [2.45, 2.75) is 10.3 Å². The predicted octanol–water partition coefficient (Wildman–Crippen LogP) is 2.70. The third kappa shape index (κ3) is 2.46. The Morgan fingerprint density at radius 1 is 1.35 bits per heavy atom. The van der Waals surface area contributed by atoms with Gasteiger partial charge in [0.2, 0.25) is 5.91 Å². The molecular weight excluding hydrogens is 329 g/mol. The molecule has 17 heavy (non-hydrogen) atoms. The molecule has 0 N–H and O–H groups in total. The Kier molecular flexibility index (Phi) is 3.71. The SMILES string of the molecule is COc1ccc(C2=CCC(I)C(=O)N2C)cc1. The standard InChI is InChI=1S/C13H14INO2/c1-15-12(8-7-11(14)13(15)16)9-3-5-10(17-2)6-4-9/h3-6,8,11H,7H2,1-2H3. The van der Waals surface area contributed by atoms with Gasteiger partial charge in [0.25, 0.3) is 0 Å². The van der Waals surface area contributed by atoms with Gasteiger partial charge in [-0.3, -0.25) is 4.79 Å². The maximum Gasteiger partial charge on any atom is 0.240 e. The number of methoxy groups -OCH3 is 1. The molecule has 0 radical (unpaired) electrons. The Morgan fingerprint density at radius 3 is 2.59 bits per heavy atom. The first-order valence-corrected chi connectivity index (χ1v) is 6.64. The first kappa shape index (κ1) is 12.4. The summed E-state index contributed by atoms with van der Waals surface area (Å²) in [6, 6.07) is 7.76. The van der Waals surface area contributed by atoms with Crippen LogP contribution in [0.4, 0.5) is 0 Å². The average Bonchev–Trinajstić information content (AvgIpc) is 2.36. The number of carbonyl (C=O) groups excluding carboxylic acids is 1. The molecule has 1 unspecified atom stereocenters. The van der Waals surface area contributed by atoms with Gasteiger partial charge in [0, 0.05) is 12.7 Å². The van der Waals surface area contributed by atoms with Crippen molar-refractivity contribution in [1.82, 2.24) is 4.90 Å². The van der Waals surface area contributed by atoms with E-state index < -0.39 is 0 Å². The number of alkyl halides is 1. The van der Waals surface area contributed by atoms with Crippen molar-refractivity contribution < 1.29 is 9.53 Å². The van der Waals surface area contributed by atoms with E-state index >= 15 is 0 Å². The van der Waals surface area contributed by atoms with E-state index in [0.717, 1.165) is 23.4 Å². The smallest absolute Gasteiger partial charge is 0.240 e. The van der Waals surface area contributed by atoms with E-state index in [1.165, 1.54) is 0 Å². The van der Waals surface area contributed by atoms with Gasteiger partial charge in [-0.25, -0.2) is 0 Å². The number of nitrogens with zero attached hydrogens (tertiary/aromatic N) is 1. The lowest BCUT2D eigenvalue weighted by molar-refractivity contribution is -0.126. The minimum atomic E-state index is 0.0552. The maximum atomic E-state index is 11.9. The maximum absolute atomic E-state index is 11.9. The second-order valence-corrected chi connectivity index (χ2v) is 5.42. The zero-order valence-corrected chi connectivity index (χ0v) is 12.0. The molecule has 4 heteroatoms. The summed E-state index contributed by atoms with van der Waals surface area (Å²) in [6.07, 6.45) is 2.91. The van der Waals surface area contributed by atoms with Gasteiger partial charge in [0.1, 0.15) is 5.75 Å². The van der Waals surface area contributed by atoms with Crippen LogP contribution >= 0.6 is 22.6 Å². The number of carbonyl (C=O) groups is 1. The first-order chi connectivity index (χ1) is 8.13. The van der Waals surface area contributed by atoms with Gasteiger partial charge in [-0.05, 0) is 36.2 Å². The molecule has 0 fully saturated rings. The van der Waals surface area contributed by atoms with Crippen molar-refractivity contribution in [3.8, 4) is 5.75 Å². The summed E-state index contributed by atoms with van der Waals surface area (Å²) < 4.78 is 5.18. The van der Waals surface area contributed by atoms with Crippen molar-refractivity contribution in [3.05, 3.63) is 35.9 Å². The zero-order valence-electron chi connectivity index (χ0n) is 9.81. The highest BCUT2D eigenvalue weighted by Gasteiger charge is 2.26. The van der Waals surface area contributed by atoms with Crippen LogP contribution in [0, 0.1) is 0 Å². The van der Waals surface area contributed by atoms with Gasteiger partial charge in [-0.1, -0.05) is 28.7 Å². The van der Waals surface area contributed by atoms with Gasteiger partial charge < -0.3 is 9.64 Å². The topological polar surface area (TPSA) is 29.5 Å². The number of halogens is 1. The molecule has 1 aliphatic rings. The fraction of sp³-hybridized carbons (Fsp3) is 0.308. The molecule has 1 amide bonds. The predicted molar refractivity (Wildman–Crippen MR) is 76.2 cm³/mol. The van der Waals surface area contributed by atoms with Crippen LogP contribution in [0.2, 0.25) is 0 Å². The van der Waals surface area contributed by atoms with E-state index in [9.17, 15) is 4.79 Å². The highest BCUT2D eigenvalue weighted by Crippen LogP contribution is 2.28. The minimum Gasteiger partial charge on any atom is -0.497 e. The van der Waals surface area contributed by atoms with Gasteiger partial charge in [-0.2, -0.15) is 0 Å². The Hall–Kier alpha value is -1.04. The normalized spacial score (nSPS) is 20.2. The van der Waals surface area contributed by atoms with Crippen LogP contribution in [-0.2, 0) is 4.79 Å². The van der Waals surface area contributed by atoms with Crippen molar-refractivity contribution in [3.63, 3.8) is 0 Å². The van der Waals surface area contributed by atoms with Crippen LogP contribution < -0.4 is 4.74 Å². The van der Waals surface area contributed by atoms with Crippen molar-refractivity contribution in [2.75, 3.05) is 14.2 Å². The molecule has 0 spiro atoms. The highest BCUT2D eigenvalue weighted by molar-refractivity contribution is 14.1. The number of rotatable bonds is 2. The monoisotopic (exact) mass is 343 g/mol. The molecule has 1 heterocycles. The van der Waals surface area contributed by atoms with Crippen molar-refractivity contribution >= 4 is 34.2 Å². The van der Waals surface area contributed by atoms with E-state index in [-0.39, 0.29) is 9.83 Å². The minimum absolute atomic E-state index is 0.0552. The first-order valence-electron chi connectivity index (χ1n) is 5.39. The second kappa shape index (κ2) is 5.08. The highest BCUT2D eigenvalue weighted by atomic mass is 127. The molecule has 1 atom stereocenters. The Bertz CT molecular complexity index is 453. The molecule has 90 valence electrons. The van der Waals surface area contributed by atoms with Gasteiger partial charge in [0.05, 0.1) is 11.0 Å². The third-order valence-corrected chi connectivity index (χ3v) is 3.91. The summed E-state index contributed by atoms with van der Waals surface area (Å²) in [7, 11) is 3.47. The van der Waals surface area contributed by atoms with Gasteiger partial charge in [-0.15, -0.1) is 0 Å². The lowest BCUT2D eigenvalue weighted by Crippen LogP contribution is -2.35. The van der Waals surface area contributed by atoms with Crippen LogP contribution in [0.5, 0.6) is 5.75 Å². The number of benzene rings is 1. The van der Waals surface area contributed by atoms with Crippen LogP contribution in [0.25, 0.3) is 5.70 Å². The van der Waals surface area contributed by atoms with Crippen molar-refractivity contribution in [2.24, 2.45) is 0 Å². The summed E-state index contributed by atoms with van der Waals surface area (Å²) >= 11 is 2.18. The number of hydrogen-bond acceptors (Lipinski definition) is 2. The molecule has 3 nitrogen and oxygen atoms in total. The third-order valence-electron chi connectivity index (χ3n) is 2.86. The number of hydrogen-bond donors (Lipinski definition) is 0.